The Kier molecular flexibility index (Phi) is 4.97. The molecule has 7 nitrogen and oxygen atoms in total. The van der Waals surface area contributed by atoms with Gasteiger partial charge in [-0.3, -0.25) is 19.3 Å². The molecule has 7 heteroatoms. The second-order valence-corrected chi connectivity index (χ2v) is 6.43. The zero-order valence-corrected chi connectivity index (χ0v) is 14.7. The van der Waals surface area contributed by atoms with Crippen molar-refractivity contribution in [1.29, 1.82) is 0 Å². The van der Waals surface area contributed by atoms with E-state index in [1.165, 1.54) is 14.2 Å². The van der Waals surface area contributed by atoms with E-state index in [1.807, 2.05) is 12.2 Å². The second-order valence-electron chi connectivity index (χ2n) is 6.43. The van der Waals surface area contributed by atoms with Gasteiger partial charge in [-0.25, -0.2) is 0 Å². The fraction of sp³-hybridized carbons (Fsp3) is 0.421. The van der Waals surface area contributed by atoms with Gasteiger partial charge in [-0.05, 0) is 30.5 Å². The van der Waals surface area contributed by atoms with Crippen molar-refractivity contribution in [3.8, 4) is 11.5 Å². The van der Waals surface area contributed by atoms with Crippen molar-refractivity contribution < 1.29 is 29.0 Å². The molecular weight excluding hydrogens is 338 g/mol. The van der Waals surface area contributed by atoms with E-state index >= 15 is 0 Å². The standard InChI is InChI=1S/C19H21NO6/c1-25-15-8-7-11(9-16(15)26-2)14(10-17(21)22)20-18(23)12-5-3-4-6-13(12)19(20)24/h3-4,7-9,12-14H,5-6,10H2,1-2H3,(H,21,22). The molecule has 1 N–H and O–H groups in total. The number of amides is 2. The number of hydrogen-bond acceptors (Lipinski definition) is 5. The Morgan fingerprint density at radius 2 is 1.69 bits per heavy atom. The molecule has 0 saturated carbocycles. The largest absolute Gasteiger partial charge is 0.493 e. The van der Waals surface area contributed by atoms with Crippen LogP contribution in [-0.2, 0) is 14.4 Å². The molecule has 138 valence electrons. The second kappa shape index (κ2) is 7.19. The lowest BCUT2D eigenvalue weighted by Crippen LogP contribution is -2.36. The van der Waals surface area contributed by atoms with Gasteiger partial charge in [-0.2, -0.15) is 0 Å². The zero-order chi connectivity index (χ0) is 18.8. The number of nitrogens with zero attached hydrogens (tertiary/aromatic N) is 1. The van der Waals surface area contributed by atoms with Gasteiger partial charge in [0, 0.05) is 0 Å². The monoisotopic (exact) mass is 359 g/mol. The van der Waals surface area contributed by atoms with Gasteiger partial charge in [0.05, 0.1) is 38.5 Å². The van der Waals surface area contributed by atoms with Crippen LogP contribution in [0, 0.1) is 11.8 Å². The minimum absolute atomic E-state index is 0.301. The van der Waals surface area contributed by atoms with Crippen LogP contribution in [0.25, 0.3) is 0 Å². The fourth-order valence-electron chi connectivity index (χ4n) is 3.72. The fourth-order valence-corrected chi connectivity index (χ4v) is 3.72. The Morgan fingerprint density at radius 1 is 1.12 bits per heavy atom. The third kappa shape index (κ3) is 3.05. The van der Waals surface area contributed by atoms with Gasteiger partial charge in [-0.15, -0.1) is 0 Å². The summed E-state index contributed by atoms with van der Waals surface area (Å²) < 4.78 is 10.5. The molecule has 1 aliphatic carbocycles. The van der Waals surface area contributed by atoms with Crippen LogP contribution in [0.1, 0.15) is 30.9 Å². The Morgan fingerprint density at radius 3 is 2.19 bits per heavy atom. The molecule has 2 amide bonds. The molecule has 2 aliphatic rings. The molecule has 1 aromatic rings. The number of hydrogen-bond donors (Lipinski definition) is 1. The number of likely N-dealkylation sites (tertiary alicyclic amines) is 1. The first-order chi connectivity index (χ1) is 12.5. The van der Waals surface area contributed by atoms with E-state index in [9.17, 15) is 19.5 Å². The minimum atomic E-state index is -1.08. The third-order valence-corrected chi connectivity index (χ3v) is 5.01. The minimum Gasteiger partial charge on any atom is -0.493 e. The van der Waals surface area contributed by atoms with Crippen molar-refractivity contribution >= 4 is 17.8 Å². The first-order valence-corrected chi connectivity index (χ1v) is 8.43. The molecule has 0 bridgehead atoms. The molecule has 0 radical (unpaired) electrons. The molecule has 0 spiro atoms. The number of carbonyl (C=O) groups excluding carboxylic acids is 2. The lowest BCUT2D eigenvalue weighted by molar-refractivity contribution is -0.145. The van der Waals surface area contributed by atoms with Crippen LogP contribution in [0.3, 0.4) is 0 Å². The van der Waals surface area contributed by atoms with Crippen LogP contribution >= 0.6 is 0 Å². The number of aliphatic carboxylic acids is 1. The molecule has 1 aromatic carbocycles. The predicted octanol–water partition coefficient (Wildman–Crippen LogP) is 2.17. The van der Waals surface area contributed by atoms with Crippen molar-refractivity contribution in [2.24, 2.45) is 11.8 Å². The van der Waals surface area contributed by atoms with Crippen molar-refractivity contribution in [3.63, 3.8) is 0 Å². The zero-order valence-electron chi connectivity index (χ0n) is 14.7. The molecule has 26 heavy (non-hydrogen) atoms. The van der Waals surface area contributed by atoms with Crippen LogP contribution in [0.5, 0.6) is 11.5 Å². The number of rotatable bonds is 6. The maximum Gasteiger partial charge on any atom is 0.305 e. The molecule has 3 rings (SSSR count). The quantitative estimate of drug-likeness (QED) is 0.618. The number of carbonyl (C=O) groups is 3. The average molecular weight is 359 g/mol. The van der Waals surface area contributed by atoms with Gasteiger partial charge in [0.25, 0.3) is 0 Å². The van der Waals surface area contributed by atoms with Crippen LogP contribution in [0.15, 0.2) is 30.4 Å². The summed E-state index contributed by atoms with van der Waals surface area (Å²) in [5.41, 5.74) is 0.526. The highest BCUT2D eigenvalue weighted by Gasteiger charge is 2.50. The highest BCUT2D eigenvalue weighted by atomic mass is 16.5. The van der Waals surface area contributed by atoms with E-state index < -0.39 is 23.8 Å². The number of carboxylic acids is 1. The highest BCUT2D eigenvalue weighted by molar-refractivity contribution is 6.06. The average Bonchev–Trinajstić information content (AvgIpc) is 2.90. The smallest absolute Gasteiger partial charge is 0.305 e. The Hall–Kier alpha value is -2.83. The van der Waals surface area contributed by atoms with Crippen molar-refractivity contribution in [2.75, 3.05) is 14.2 Å². The lowest BCUT2D eigenvalue weighted by atomic mass is 9.85. The molecule has 0 aromatic heterocycles. The van der Waals surface area contributed by atoms with E-state index in [0.717, 1.165) is 4.90 Å². The number of ether oxygens (including phenoxy) is 2. The number of methoxy groups -OCH3 is 2. The SMILES string of the molecule is COc1ccc(C(CC(=O)O)N2C(=O)C3CC=CCC3C2=O)cc1OC. The van der Waals surface area contributed by atoms with Gasteiger partial charge < -0.3 is 14.6 Å². The number of allylic oxidation sites excluding steroid dienone is 2. The number of carboxylic acid groups (broad SMARTS) is 1. The van der Waals surface area contributed by atoms with E-state index in [0.29, 0.717) is 29.9 Å². The summed E-state index contributed by atoms with van der Waals surface area (Å²) in [6, 6.07) is 4.05. The highest BCUT2D eigenvalue weighted by Crippen LogP contribution is 2.41. The van der Waals surface area contributed by atoms with Crippen molar-refractivity contribution in [1.82, 2.24) is 4.90 Å². The van der Waals surface area contributed by atoms with Gasteiger partial charge in [0.1, 0.15) is 0 Å². The summed E-state index contributed by atoms with van der Waals surface area (Å²) in [6.07, 6.45) is 4.46. The Balaban J connectivity index is 2.00. The van der Waals surface area contributed by atoms with Crippen LogP contribution in [0.2, 0.25) is 0 Å². The molecule has 1 saturated heterocycles. The van der Waals surface area contributed by atoms with Crippen LogP contribution in [-0.4, -0.2) is 42.0 Å². The van der Waals surface area contributed by atoms with Gasteiger partial charge in [0.2, 0.25) is 11.8 Å². The predicted molar refractivity (Wildman–Crippen MR) is 91.7 cm³/mol. The first-order valence-electron chi connectivity index (χ1n) is 8.43. The van der Waals surface area contributed by atoms with Crippen LogP contribution < -0.4 is 9.47 Å². The molecular formula is C19H21NO6. The Labute approximate surface area is 151 Å². The molecule has 3 atom stereocenters. The van der Waals surface area contributed by atoms with Crippen LogP contribution in [0.4, 0.5) is 0 Å². The van der Waals surface area contributed by atoms with E-state index in [4.69, 9.17) is 9.47 Å². The van der Waals surface area contributed by atoms with Gasteiger partial charge in [-0.1, -0.05) is 18.2 Å². The number of fused-ring (bicyclic) bond motifs is 1. The topological polar surface area (TPSA) is 93.1 Å². The number of benzene rings is 1. The lowest BCUT2D eigenvalue weighted by Gasteiger charge is -2.26. The summed E-state index contributed by atoms with van der Waals surface area (Å²) in [5.74, 6) is -1.58. The summed E-state index contributed by atoms with van der Waals surface area (Å²) in [4.78, 5) is 38.3. The third-order valence-electron chi connectivity index (χ3n) is 5.01. The Bertz CT molecular complexity index is 745. The molecule has 3 unspecified atom stereocenters. The van der Waals surface area contributed by atoms with Gasteiger partial charge in [0.15, 0.2) is 11.5 Å². The van der Waals surface area contributed by atoms with E-state index in [2.05, 4.69) is 0 Å². The van der Waals surface area contributed by atoms with E-state index in [-0.39, 0.29) is 18.2 Å². The maximum absolute atomic E-state index is 12.8. The van der Waals surface area contributed by atoms with Crippen molar-refractivity contribution in [3.05, 3.63) is 35.9 Å². The summed E-state index contributed by atoms with van der Waals surface area (Å²) >= 11 is 0. The van der Waals surface area contributed by atoms with E-state index in [1.54, 1.807) is 18.2 Å². The summed E-state index contributed by atoms with van der Waals surface area (Å²) in [6.45, 7) is 0. The van der Waals surface area contributed by atoms with Gasteiger partial charge >= 0.3 is 5.97 Å². The molecule has 1 heterocycles. The normalized spacial score (nSPS) is 22.9. The van der Waals surface area contributed by atoms with Crippen molar-refractivity contribution in [2.45, 2.75) is 25.3 Å². The number of imide groups is 1. The summed E-state index contributed by atoms with van der Waals surface area (Å²) in [7, 11) is 2.97. The maximum atomic E-state index is 12.8. The molecule has 1 fully saturated rings. The first kappa shape index (κ1) is 18.0. The molecule has 1 aliphatic heterocycles. The summed E-state index contributed by atoms with van der Waals surface area (Å²) in [5, 5.41) is 9.35.